The zero-order chi connectivity index (χ0) is 26.9. The predicted octanol–water partition coefficient (Wildman–Crippen LogP) is 5.75. The van der Waals surface area contributed by atoms with Crippen LogP contribution in [-0.2, 0) is 16.5 Å². The smallest absolute Gasteiger partial charge is 0.229 e. The molecule has 196 valence electrons. The lowest BCUT2D eigenvalue weighted by atomic mass is 9.90. The molecule has 0 aliphatic carbocycles. The summed E-state index contributed by atoms with van der Waals surface area (Å²) in [5.41, 5.74) is 5.71. The van der Waals surface area contributed by atoms with Gasteiger partial charge in [0.25, 0.3) is 0 Å². The molecule has 0 fully saturated rings. The van der Waals surface area contributed by atoms with Gasteiger partial charge in [0, 0.05) is 46.3 Å². The van der Waals surface area contributed by atoms with Crippen molar-refractivity contribution in [3.05, 3.63) is 65.1 Å². The van der Waals surface area contributed by atoms with Crippen molar-refractivity contribution >= 4 is 23.1 Å². The van der Waals surface area contributed by atoms with Crippen LogP contribution in [0.4, 0.5) is 23.1 Å². The molecule has 0 radical (unpaired) electrons. The summed E-state index contributed by atoms with van der Waals surface area (Å²) in [7, 11) is 0. The average molecular weight is 502 g/mol. The molecule has 1 unspecified atom stereocenters. The molecule has 3 N–H and O–H groups in total. The molecular weight excluding hydrogens is 462 g/mol. The minimum absolute atomic E-state index is 0.0293. The number of fused-ring (bicyclic) bond motifs is 2. The predicted molar refractivity (Wildman–Crippen MR) is 148 cm³/mol. The number of rotatable bonds is 4. The number of nitrogens with one attached hydrogen (secondary N) is 2. The van der Waals surface area contributed by atoms with E-state index in [1.54, 1.807) is 6.20 Å². The number of anilines is 4. The quantitative estimate of drug-likeness (QED) is 0.416. The molecule has 0 spiro atoms. The van der Waals surface area contributed by atoms with E-state index in [1.165, 1.54) is 11.1 Å². The average Bonchev–Trinajstić information content (AvgIpc) is 3.19. The second kappa shape index (κ2) is 8.48. The molecule has 2 aliphatic rings. The third kappa shape index (κ3) is 4.37. The molecule has 2 aliphatic heterocycles. The van der Waals surface area contributed by atoms with Gasteiger partial charge < -0.3 is 10.4 Å². The molecule has 0 amide bonds. The maximum atomic E-state index is 11.2. The topological polar surface area (TPSA) is 89.4 Å². The van der Waals surface area contributed by atoms with E-state index in [0.29, 0.717) is 17.3 Å². The molecule has 2 aromatic heterocycles. The minimum atomic E-state index is -0.843. The molecule has 0 bridgehead atoms. The number of hydrogen-bond acceptors (Lipinski definition) is 8. The van der Waals surface area contributed by atoms with Gasteiger partial charge in [-0.25, -0.2) is 4.98 Å². The van der Waals surface area contributed by atoms with Crippen molar-refractivity contribution in [3.8, 4) is 0 Å². The van der Waals surface area contributed by atoms with Crippen LogP contribution in [0, 0.1) is 0 Å². The molecule has 1 atom stereocenters. The van der Waals surface area contributed by atoms with Crippen LogP contribution in [0.1, 0.15) is 90.9 Å². The van der Waals surface area contributed by atoms with Crippen molar-refractivity contribution in [2.75, 3.05) is 10.3 Å². The van der Waals surface area contributed by atoms with Crippen molar-refractivity contribution in [2.24, 2.45) is 0 Å². The molecular formula is C29H39N7O. The largest absolute Gasteiger partial charge is 0.372 e. The van der Waals surface area contributed by atoms with Gasteiger partial charge in [0.2, 0.25) is 5.95 Å². The monoisotopic (exact) mass is 501 g/mol. The molecule has 0 saturated heterocycles. The maximum Gasteiger partial charge on any atom is 0.229 e. The Balaban J connectivity index is 1.54. The van der Waals surface area contributed by atoms with E-state index in [-0.39, 0.29) is 22.5 Å². The third-order valence-corrected chi connectivity index (χ3v) is 7.29. The van der Waals surface area contributed by atoms with E-state index in [1.807, 2.05) is 22.3 Å². The number of nitrogens with zero attached hydrogens (tertiary/aromatic N) is 5. The Bertz CT molecular complexity index is 1340. The Labute approximate surface area is 220 Å². The van der Waals surface area contributed by atoms with Crippen LogP contribution < -0.4 is 15.6 Å². The van der Waals surface area contributed by atoms with Crippen LogP contribution in [0.25, 0.3) is 0 Å². The van der Waals surface area contributed by atoms with Gasteiger partial charge in [-0.15, -0.1) is 0 Å². The summed E-state index contributed by atoms with van der Waals surface area (Å²) in [4.78, 5) is 14.1. The van der Waals surface area contributed by atoms with E-state index in [4.69, 9.17) is 4.98 Å². The van der Waals surface area contributed by atoms with E-state index in [2.05, 4.69) is 107 Å². The van der Waals surface area contributed by atoms with Crippen LogP contribution in [0.2, 0.25) is 0 Å². The van der Waals surface area contributed by atoms with E-state index in [9.17, 15) is 5.11 Å². The zero-order valence-corrected chi connectivity index (χ0v) is 23.4. The number of hydrogen-bond donors (Lipinski definition) is 3. The second-order valence-corrected chi connectivity index (χ2v) is 12.5. The Kier molecular flexibility index (Phi) is 5.86. The summed E-state index contributed by atoms with van der Waals surface area (Å²) in [6.45, 7) is 19.4. The van der Waals surface area contributed by atoms with Gasteiger partial charge in [-0.3, -0.25) is 15.3 Å². The third-order valence-electron chi connectivity index (χ3n) is 7.29. The minimum Gasteiger partial charge on any atom is -0.372 e. The van der Waals surface area contributed by atoms with Crippen LogP contribution in [0.3, 0.4) is 0 Å². The lowest BCUT2D eigenvalue weighted by Crippen LogP contribution is -2.42. The summed E-state index contributed by atoms with van der Waals surface area (Å²) in [6, 6.07) is 10.5. The number of pyridine rings is 1. The highest BCUT2D eigenvalue weighted by atomic mass is 16.3. The lowest BCUT2D eigenvalue weighted by Gasteiger charge is -2.34. The maximum absolute atomic E-state index is 11.2. The molecule has 37 heavy (non-hydrogen) atoms. The molecule has 4 heterocycles. The highest BCUT2D eigenvalue weighted by Crippen LogP contribution is 2.45. The standard InChI is InChI=1S/C29H39N7O/c1-17(2)35-25(37)20-16-31-26(32-18-10-11-21-22(14-18)29(8,9)34-28(21,6)7)33-24(20)36(35)19-12-13-30-23(15-19)27(3,4)5/h10-17,25,34,37H,1-9H3,(H,31,32,33). The van der Waals surface area contributed by atoms with Crippen LogP contribution in [-0.4, -0.2) is 31.1 Å². The van der Waals surface area contributed by atoms with Gasteiger partial charge in [0.05, 0.1) is 11.3 Å². The summed E-state index contributed by atoms with van der Waals surface area (Å²) < 4.78 is 0. The molecule has 3 aromatic rings. The number of aromatic nitrogens is 3. The fraction of sp³-hybridized carbons (Fsp3) is 0.483. The first-order valence-corrected chi connectivity index (χ1v) is 13.0. The van der Waals surface area contributed by atoms with Crippen molar-refractivity contribution < 1.29 is 5.11 Å². The van der Waals surface area contributed by atoms with Crippen molar-refractivity contribution in [3.63, 3.8) is 0 Å². The van der Waals surface area contributed by atoms with Crippen LogP contribution in [0.5, 0.6) is 0 Å². The number of hydrazine groups is 1. The molecule has 0 saturated carbocycles. The normalized spacial score (nSPS) is 20.3. The fourth-order valence-electron chi connectivity index (χ4n) is 5.61. The first-order valence-electron chi connectivity index (χ1n) is 13.0. The van der Waals surface area contributed by atoms with Gasteiger partial charge in [0.1, 0.15) is 0 Å². The van der Waals surface area contributed by atoms with E-state index < -0.39 is 6.23 Å². The Hall–Kier alpha value is -3.07. The summed E-state index contributed by atoms with van der Waals surface area (Å²) in [5, 5.41) is 22.3. The first-order chi connectivity index (χ1) is 17.2. The molecule has 8 heteroatoms. The molecule has 5 rings (SSSR count). The number of aliphatic hydroxyl groups is 1. The zero-order valence-electron chi connectivity index (χ0n) is 23.4. The highest BCUT2D eigenvalue weighted by Gasteiger charge is 2.42. The van der Waals surface area contributed by atoms with E-state index >= 15 is 0 Å². The Morgan fingerprint density at radius 3 is 2.38 bits per heavy atom. The SMILES string of the molecule is CC(C)N1C(O)c2cnc(Nc3ccc4c(c3)C(C)(C)NC4(C)C)nc2N1c1ccnc(C(C)(C)C)c1. The summed E-state index contributed by atoms with van der Waals surface area (Å²) >= 11 is 0. The summed E-state index contributed by atoms with van der Waals surface area (Å²) in [5.74, 6) is 1.14. The Morgan fingerprint density at radius 2 is 1.70 bits per heavy atom. The van der Waals surface area contributed by atoms with Crippen molar-refractivity contribution in [2.45, 2.75) is 91.1 Å². The van der Waals surface area contributed by atoms with Gasteiger partial charge in [-0.1, -0.05) is 26.8 Å². The fourth-order valence-corrected chi connectivity index (χ4v) is 5.61. The Morgan fingerprint density at radius 1 is 1.00 bits per heavy atom. The molecule has 1 aromatic carbocycles. The lowest BCUT2D eigenvalue weighted by molar-refractivity contribution is -0.00418. The first kappa shape index (κ1) is 25.6. The second-order valence-electron chi connectivity index (χ2n) is 12.5. The van der Waals surface area contributed by atoms with Gasteiger partial charge in [0.15, 0.2) is 12.0 Å². The van der Waals surface area contributed by atoms with Crippen LogP contribution >= 0.6 is 0 Å². The number of aliphatic hydroxyl groups excluding tert-OH is 1. The molecule has 8 nitrogen and oxygen atoms in total. The highest BCUT2D eigenvalue weighted by molar-refractivity contribution is 5.68. The van der Waals surface area contributed by atoms with Gasteiger partial charge in [-0.2, -0.15) is 9.99 Å². The van der Waals surface area contributed by atoms with Gasteiger partial charge >= 0.3 is 0 Å². The summed E-state index contributed by atoms with van der Waals surface area (Å²) in [6.07, 6.45) is 2.70. The van der Waals surface area contributed by atoms with Crippen LogP contribution in [0.15, 0.2) is 42.7 Å². The number of benzene rings is 1. The van der Waals surface area contributed by atoms with Crippen molar-refractivity contribution in [1.29, 1.82) is 0 Å². The van der Waals surface area contributed by atoms with E-state index in [0.717, 1.165) is 17.1 Å². The van der Waals surface area contributed by atoms with Crippen molar-refractivity contribution in [1.82, 2.24) is 25.3 Å². The van der Waals surface area contributed by atoms with Gasteiger partial charge in [-0.05, 0) is 76.9 Å².